The number of benzene rings is 1. The Morgan fingerprint density at radius 2 is 1.90 bits per heavy atom. The van der Waals surface area contributed by atoms with Gasteiger partial charge < -0.3 is 10.4 Å². The Bertz CT molecular complexity index is 543. The monoisotopic (exact) mass is 303 g/mol. The summed E-state index contributed by atoms with van der Waals surface area (Å²) in [7, 11) is 0. The number of hydrogen-bond donors (Lipinski definition) is 2. The van der Waals surface area contributed by atoms with Crippen LogP contribution in [0.4, 0.5) is 13.2 Å². The van der Waals surface area contributed by atoms with E-state index in [1.54, 1.807) is 17.4 Å². The van der Waals surface area contributed by atoms with E-state index in [0.29, 0.717) is 6.92 Å². The van der Waals surface area contributed by atoms with Gasteiger partial charge in [0.2, 0.25) is 11.4 Å². The summed E-state index contributed by atoms with van der Waals surface area (Å²) in [5.74, 6) is -3.10. The van der Waals surface area contributed by atoms with Gasteiger partial charge in [-0.25, -0.2) is 4.79 Å². The average molecular weight is 303 g/mol. The molecule has 0 fully saturated rings. The second kappa shape index (κ2) is 6.15. The van der Waals surface area contributed by atoms with E-state index in [2.05, 4.69) is 0 Å². The van der Waals surface area contributed by atoms with E-state index in [9.17, 15) is 22.8 Å². The third-order valence-corrected chi connectivity index (χ3v) is 3.11. The van der Waals surface area contributed by atoms with Crippen molar-refractivity contribution in [2.24, 2.45) is 0 Å². The second-order valence-corrected chi connectivity index (χ2v) is 4.97. The fourth-order valence-corrected chi connectivity index (χ4v) is 1.71. The maximum atomic E-state index is 12.7. The molecule has 0 radical (unpaired) electrons. The molecule has 1 unspecified atom stereocenters. The van der Waals surface area contributed by atoms with E-state index in [-0.39, 0.29) is 12.8 Å². The summed E-state index contributed by atoms with van der Waals surface area (Å²) in [6, 6.07) is 7.20. The molecule has 0 bridgehead atoms. The molecule has 0 heterocycles. The van der Waals surface area contributed by atoms with Crippen LogP contribution in [-0.2, 0) is 16.0 Å². The number of nitrogens with one attached hydrogen (secondary N) is 1. The molecule has 116 valence electrons. The predicted octanol–water partition coefficient (Wildman–Crippen LogP) is 2.45. The normalized spacial score (nSPS) is 14.3. The van der Waals surface area contributed by atoms with Gasteiger partial charge in [0.05, 0.1) is 0 Å². The van der Waals surface area contributed by atoms with E-state index in [1.807, 2.05) is 19.1 Å². The van der Waals surface area contributed by atoms with E-state index >= 15 is 0 Å². The number of hydrogen-bond acceptors (Lipinski definition) is 2. The van der Waals surface area contributed by atoms with Gasteiger partial charge in [0.25, 0.3) is 0 Å². The van der Waals surface area contributed by atoms with Crippen LogP contribution in [0.2, 0.25) is 0 Å². The van der Waals surface area contributed by atoms with Gasteiger partial charge in [-0.05, 0) is 25.8 Å². The maximum Gasteiger partial charge on any atom is 0.422 e. The minimum Gasteiger partial charge on any atom is -0.479 e. The smallest absolute Gasteiger partial charge is 0.422 e. The van der Waals surface area contributed by atoms with Crippen molar-refractivity contribution in [3.05, 3.63) is 35.4 Å². The van der Waals surface area contributed by atoms with Gasteiger partial charge >= 0.3 is 12.1 Å². The SMILES string of the molecule is Cc1cccc(CCC(=O)NC(C)(C(=O)O)C(F)(F)F)c1. The molecule has 21 heavy (non-hydrogen) atoms. The summed E-state index contributed by atoms with van der Waals surface area (Å²) < 4.78 is 38.2. The number of amides is 1. The summed E-state index contributed by atoms with van der Waals surface area (Å²) in [5.41, 5.74) is -1.51. The van der Waals surface area contributed by atoms with Crippen molar-refractivity contribution in [1.29, 1.82) is 0 Å². The molecule has 4 nitrogen and oxygen atoms in total. The third-order valence-electron chi connectivity index (χ3n) is 3.11. The average Bonchev–Trinajstić information content (AvgIpc) is 2.34. The van der Waals surface area contributed by atoms with Crippen molar-refractivity contribution in [2.45, 2.75) is 38.4 Å². The molecule has 0 aliphatic carbocycles. The molecule has 0 aromatic heterocycles. The molecular formula is C14H16F3NO3. The van der Waals surface area contributed by atoms with Crippen LogP contribution in [0.3, 0.4) is 0 Å². The van der Waals surface area contributed by atoms with Crippen molar-refractivity contribution in [3.8, 4) is 0 Å². The summed E-state index contributed by atoms with van der Waals surface area (Å²) in [6.07, 6.45) is -5.05. The highest BCUT2D eigenvalue weighted by Gasteiger charge is 2.58. The molecule has 1 atom stereocenters. The lowest BCUT2D eigenvalue weighted by Crippen LogP contribution is -2.61. The number of carbonyl (C=O) groups excluding carboxylic acids is 1. The van der Waals surface area contributed by atoms with Crippen LogP contribution >= 0.6 is 0 Å². The van der Waals surface area contributed by atoms with Crippen molar-refractivity contribution in [2.75, 3.05) is 0 Å². The molecule has 1 aromatic rings. The number of carbonyl (C=O) groups is 2. The lowest BCUT2D eigenvalue weighted by molar-refractivity contribution is -0.206. The molecule has 7 heteroatoms. The molecule has 1 rings (SSSR count). The summed E-state index contributed by atoms with van der Waals surface area (Å²) in [4.78, 5) is 22.4. The quantitative estimate of drug-likeness (QED) is 0.878. The Labute approximate surface area is 120 Å². The van der Waals surface area contributed by atoms with E-state index < -0.39 is 23.6 Å². The van der Waals surface area contributed by atoms with Crippen molar-refractivity contribution >= 4 is 11.9 Å². The lowest BCUT2D eigenvalue weighted by atomic mass is 10.0. The first-order valence-electron chi connectivity index (χ1n) is 6.23. The van der Waals surface area contributed by atoms with Crippen LogP contribution in [0.15, 0.2) is 24.3 Å². The minimum atomic E-state index is -5.07. The number of rotatable bonds is 5. The Kier molecular flexibility index (Phi) is 4.98. The Balaban J connectivity index is 2.70. The van der Waals surface area contributed by atoms with Gasteiger partial charge in [-0.2, -0.15) is 13.2 Å². The number of alkyl halides is 3. The highest BCUT2D eigenvalue weighted by atomic mass is 19.4. The van der Waals surface area contributed by atoms with E-state index in [0.717, 1.165) is 11.1 Å². The van der Waals surface area contributed by atoms with Crippen molar-refractivity contribution in [3.63, 3.8) is 0 Å². The zero-order chi connectivity index (χ0) is 16.3. The topological polar surface area (TPSA) is 66.4 Å². The highest BCUT2D eigenvalue weighted by Crippen LogP contribution is 2.30. The zero-order valence-electron chi connectivity index (χ0n) is 11.6. The van der Waals surface area contributed by atoms with Gasteiger partial charge in [0.15, 0.2) is 0 Å². The highest BCUT2D eigenvalue weighted by molar-refractivity contribution is 5.87. The Hall–Kier alpha value is -2.05. The standard InChI is InChI=1S/C14H16F3NO3/c1-9-4-3-5-10(8-9)6-7-11(19)18-13(2,12(20)21)14(15,16)17/h3-5,8H,6-7H2,1-2H3,(H,18,19)(H,20,21). The fourth-order valence-electron chi connectivity index (χ4n) is 1.71. The number of halogens is 3. The van der Waals surface area contributed by atoms with Crippen molar-refractivity contribution in [1.82, 2.24) is 5.32 Å². The van der Waals surface area contributed by atoms with Gasteiger partial charge in [-0.3, -0.25) is 4.79 Å². The van der Waals surface area contributed by atoms with Gasteiger partial charge in [0, 0.05) is 6.42 Å². The molecule has 1 aromatic carbocycles. The molecule has 0 aliphatic heterocycles. The number of aryl methyl sites for hydroxylation is 2. The number of carboxylic acid groups (broad SMARTS) is 1. The molecule has 0 saturated heterocycles. The molecule has 0 spiro atoms. The van der Waals surface area contributed by atoms with Crippen LogP contribution < -0.4 is 5.32 Å². The molecule has 0 saturated carbocycles. The van der Waals surface area contributed by atoms with Crippen LogP contribution in [0.25, 0.3) is 0 Å². The minimum absolute atomic E-state index is 0.220. The maximum absolute atomic E-state index is 12.7. The third kappa shape index (κ3) is 4.21. The summed E-state index contributed by atoms with van der Waals surface area (Å²) in [5, 5.41) is 10.3. The van der Waals surface area contributed by atoms with Crippen LogP contribution in [-0.4, -0.2) is 28.7 Å². The Morgan fingerprint density at radius 1 is 1.29 bits per heavy atom. The van der Waals surface area contributed by atoms with Gasteiger partial charge in [-0.1, -0.05) is 29.8 Å². The number of aliphatic carboxylic acids is 1. The number of carboxylic acids is 1. The van der Waals surface area contributed by atoms with E-state index in [1.165, 1.54) is 0 Å². The summed E-state index contributed by atoms with van der Waals surface area (Å²) in [6.45, 7) is 2.29. The van der Waals surface area contributed by atoms with Crippen molar-refractivity contribution < 1.29 is 27.9 Å². The lowest BCUT2D eigenvalue weighted by Gasteiger charge is -2.28. The fraction of sp³-hybridized carbons (Fsp3) is 0.429. The van der Waals surface area contributed by atoms with Crippen LogP contribution in [0.5, 0.6) is 0 Å². The summed E-state index contributed by atoms with van der Waals surface area (Å²) >= 11 is 0. The van der Waals surface area contributed by atoms with Gasteiger partial charge in [-0.15, -0.1) is 0 Å². The largest absolute Gasteiger partial charge is 0.479 e. The molecular weight excluding hydrogens is 287 g/mol. The molecule has 2 N–H and O–H groups in total. The first kappa shape index (κ1) is 17.0. The van der Waals surface area contributed by atoms with E-state index in [4.69, 9.17) is 5.11 Å². The predicted molar refractivity (Wildman–Crippen MR) is 69.7 cm³/mol. The first-order chi connectivity index (χ1) is 9.56. The second-order valence-electron chi connectivity index (χ2n) is 4.97. The molecule has 1 amide bonds. The van der Waals surface area contributed by atoms with Gasteiger partial charge in [0.1, 0.15) is 0 Å². The van der Waals surface area contributed by atoms with Crippen LogP contribution in [0, 0.1) is 6.92 Å². The molecule has 0 aliphatic rings. The Morgan fingerprint density at radius 3 is 2.38 bits per heavy atom. The first-order valence-corrected chi connectivity index (χ1v) is 6.23. The zero-order valence-corrected chi connectivity index (χ0v) is 11.6. The van der Waals surface area contributed by atoms with Crippen LogP contribution in [0.1, 0.15) is 24.5 Å².